The Bertz CT molecular complexity index is 614. The first kappa shape index (κ1) is 13.5. The maximum absolute atomic E-state index is 13.4. The van der Waals surface area contributed by atoms with Crippen LogP contribution in [0.25, 0.3) is 0 Å². The van der Waals surface area contributed by atoms with Crippen molar-refractivity contribution in [3.63, 3.8) is 0 Å². The van der Waals surface area contributed by atoms with Crippen LogP contribution in [0.3, 0.4) is 0 Å². The van der Waals surface area contributed by atoms with Gasteiger partial charge in [-0.2, -0.15) is 0 Å². The van der Waals surface area contributed by atoms with Gasteiger partial charge in [0.05, 0.1) is 9.50 Å². The summed E-state index contributed by atoms with van der Waals surface area (Å²) in [5, 5.41) is 4.77. The Morgan fingerprint density at radius 1 is 1.50 bits per heavy atom. The molecule has 2 rings (SSSR count). The summed E-state index contributed by atoms with van der Waals surface area (Å²) in [4.78, 5) is 12.3. The number of rotatable bonds is 2. The molecule has 2 nitrogen and oxygen atoms in total. The molecule has 0 unspecified atom stereocenters. The van der Waals surface area contributed by atoms with E-state index < -0.39 is 5.82 Å². The molecule has 94 valence electrons. The molecule has 1 aromatic heterocycles. The maximum Gasteiger partial charge on any atom is 0.267 e. The predicted molar refractivity (Wildman–Crippen MR) is 76.1 cm³/mol. The number of benzene rings is 1. The Morgan fingerprint density at radius 3 is 2.83 bits per heavy atom. The molecular weight excluding hydrogens is 341 g/mol. The number of halogens is 3. The van der Waals surface area contributed by atoms with Crippen molar-refractivity contribution >= 4 is 50.5 Å². The fourth-order valence-electron chi connectivity index (χ4n) is 1.42. The molecule has 0 saturated heterocycles. The van der Waals surface area contributed by atoms with Crippen LogP contribution in [-0.4, -0.2) is 5.91 Å². The SMILES string of the molecule is Cc1cc(Br)c(F)cc1NC(=O)c1sccc1Cl. The summed E-state index contributed by atoms with van der Waals surface area (Å²) in [6, 6.07) is 4.54. The number of thiophene rings is 1. The lowest BCUT2D eigenvalue weighted by Crippen LogP contribution is -2.12. The number of hydrogen-bond donors (Lipinski definition) is 1. The molecule has 1 N–H and O–H groups in total. The first-order valence-electron chi connectivity index (χ1n) is 4.99. The van der Waals surface area contributed by atoms with Gasteiger partial charge in [0.2, 0.25) is 0 Å². The van der Waals surface area contributed by atoms with Gasteiger partial charge in [0.1, 0.15) is 10.7 Å². The van der Waals surface area contributed by atoms with Crippen LogP contribution in [0.4, 0.5) is 10.1 Å². The van der Waals surface area contributed by atoms with Crippen molar-refractivity contribution in [1.82, 2.24) is 0 Å². The molecule has 2 aromatic rings. The Morgan fingerprint density at radius 2 is 2.22 bits per heavy atom. The number of carbonyl (C=O) groups excluding carboxylic acids is 1. The number of amides is 1. The fourth-order valence-corrected chi connectivity index (χ4v) is 2.91. The second-order valence-electron chi connectivity index (χ2n) is 3.63. The largest absolute Gasteiger partial charge is 0.321 e. The fraction of sp³-hybridized carbons (Fsp3) is 0.0833. The Hall–Kier alpha value is -0.910. The Labute approximate surface area is 121 Å². The number of carbonyl (C=O) groups is 1. The van der Waals surface area contributed by atoms with Gasteiger partial charge in [-0.1, -0.05) is 11.6 Å². The van der Waals surface area contributed by atoms with Gasteiger partial charge in [0.15, 0.2) is 0 Å². The van der Waals surface area contributed by atoms with Gasteiger partial charge >= 0.3 is 0 Å². The van der Waals surface area contributed by atoms with Crippen LogP contribution < -0.4 is 5.32 Å². The van der Waals surface area contributed by atoms with E-state index in [2.05, 4.69) is 21.2 Å². The molecule has 0 spiro atoms. The van der Waals surface area contributed by atoms with Gasteiger partial charge in [-0.15, -0.1) is 11.3 Å². The van der Waals surface area contributed by atoms with Gasteiger partial charge in [-0.05, 0) is 52.0 Å². The van der Waals surface area contributed by atoms with Crippen molar-refractivity contribution in [1.29, 1.82) is 0 Å². The molecule has 0 atom stereocenters. The topological polar surface area (TPSA) is 29.1 Å². The summed E-state index contributed by atoms with van der Waals surface area (Å²) in [6.45, 7) is 1.79. The second kappa shape index (κ2) is 5.38. The highest BCUT2D eigenvalue weighted by Crippen LogP contribution is 2.27. The van der Waals surface area contributed by atoms with Crippen LogP contribution in [0, 0.1) is 12.7 Å². The quantitative estimate of drug-likeness (QED) is 0.824. The molecule has 1 aromatic carbocycles. The number of aryl methyl sites for hydroxylation is 1. The van der Waals surface area contributed by atoms with Crippen LogP contribution in [-0.2, 0) is 0 Å². The van der Waals surface area contributed by atoms with Crippen molar-refractivity contribution in [3.05, 3.63) is 49.3 Å². The molecule has 18 heavy (non-hydrogen) atoms. The summed E-state index contributed by atoms with van der Waals surface area (Å²) in [5.41, 5.74) is 1.20. The lowest BCUT2D eigenvalue weighted by molar-refractivity contribution is 0.103. The monoisotopic (exact) mass is 347 g/mol. The van der Waals surface area contributed by atoms with Crippen LogP contribution >= 0.6 is 38.9 Å². The number of nitrogens with one attached hydrogen (secondary N) is 1. The van der Waals surface area contributed by atoms with Crippen LogP contribution in [0.1, 0.15) is 15.2 Å². The molecule has 1 heterocycles. The van der Waals surface area contributed by atoms with E-state index >= 15 is 0 Å². The molecule has 1 amide bonds. The average molecular weight is 349 g/mol. The third-order valence-electron chi connectivity index (χ3n) is 2.34. The Balaban J connectivity index is 2.28. The first-order chi connectivity index (χ1) is 8.49. The van der Waals surface area contributed by atoms with E-state index in [1.165, 1.54) is 17.4 Å². The van der Waals surface area contributed by atoms with E-state index in [0.29, 0.717) is 20.1 Å². The van der Waals surface area contributed by atoms with Gasteiger partial charge in [0, 0.05) is 5.69 Å². The highest BCUT2D eigenvalue weighted by molar-refractivity contribution is 9.10. The van der Waals surface area contributed by atoms with E-state index in [0.717, 1.165) is 5.56 Å². The van der Waals surface area contributed by atoms with Gasteiger partial charge in [0.25, 0.3) is 5.91 Å². The van der Waals surface area contributed by atoms with Crippen molar-refractivity contribution in [3.8, 4) is 0 Å². The Kier molecular flexibility index (Phi) is 4.04. The molecule has 0 radical (unpaired) electrons. The van der Waals surface area contributed by atoms with Crippen LogP contribution in [0.5, 0.6) is 0 Å². The number of hydrogen-bond acceptors (Lipinski definition) is 2. The maximum atomic E-state index is 13.4. The molecular formula is C12H8BrClFNOS. The number of anilines is 1. The zero-order valence-electron chi connectivity index (χ0n) is 9.26. The molecule has 0 aliphatic rings. The van der Waals surface area contributed by atoms with E-state index in [4.69, 9.17) is 11.6 Å². The van der Waals surface area contributed by atoms with E-state index in [9.17, 15) is 9.18 Å². The molecule has 0 bridgehead atoms. The molecule has 0 aliphatic heterocycles. The third kappa shape index (κ3) is 2.74. The summed E-state index contributed by atoms with van der Waals surface area (Å²) < 4.78 is 13.8. The lowest BCUT2D eigenvalue weighted by atomic mass is 10.2. The van der Waals surface area contributed by atoms with Crippen molar-refractivity contribution in [2.75, 3.05) is 5.32 Å². The van der Waals surface area contributed by atoms with Gasteiger partial charge in [-0.25, -0.2) is 4.39 Å². The lowest BCUT2D eigenvalue weighted by Gasteiger charge is -2.08. The summed E-state index contributed by atoms with van der Waals surface area (Å²) in [6.07, 6.45) is 0. The molecule has 0 saturated carbocycles. The molecule has 0 fully saturated rings. The van der Waals surface area contributed by atoms with Crippen molar-refractivity contribution < 1.29 is 9.18 Å². The second-order valence-corrected chi connectivity index (χ2v) is 5.81. The summed E-state index contributed by atoms with van der Waals surface area (Å²) >= 11 is 10.2. The zero-order chi connectivity index (χ0) is 13.3. The minimum atomic E-state index is -0.423. The predicted octanol–water partition coefficient (Wildman–Crippen LogP) is 4.86. The van der Waals surface area contributed by atoms with Crippen LogP contribution in [0.2, 0.25) is 5.02 Å². The van der Waals surface area contributed by atoms with Gasteiger partial charge < -0.3 is 5.32 Å². The average Bonchev–Trinajstić information content (AvgIpc) is 2.72. The minimum absolute atomic E-state index is 0.333. The van der Waals surface area contributed by atoms with Crippen LogP contribution in [0.15, 0.2) is 28.1 Å². The molecule has 6 heteroatoms. The van der Waals surface area contributed by atoms with E-state index in [1.54, 1.807) is 24.4 Å². The first-order valence-corrected chi connectivity index (χ1v) is 7.04. The summed E-state index contributed by atoms with van der Waals surface area (Å²) in [7, 11) is 0. The third-order valence-corrected chi connectivity index (χ3v) is 4.29. The smallest absolute Gasteiger partial charge is 0.267 e. The highest BCUT2D eigenvalue weighted by atomic mass is 79.9. The normalized spacial score (nSPS) is 10.4. The standard InChI is InChI=1S/C12H8BrClFNOS/c1-6-4-7(13)9(15)5-10(6)16-12(17)11-8(14)2-3-18-11/h2-5H,1H3,(H,16,17). The van der Waals surface area contributed by atoms with E-state index in [1.807, 2.05) is 0 Å². The minimum Gasteiger partial charge on any atom is -0.321 e. The summed E-state index contributed by atoms with van der Waals surface area (Å²) in [5.74, 6) is -0.756. The highest BCUT2D eigenvalue weighted by Gasteiger charge is 2.14. The zero-order valence-corrected chi connectivity index (χ0v) is 12.4. The van der Waals surface area contributed by atoms with E-state index in [-0.39, 0.29) is 5.91 Å². The van der Waals surface area contributed by atoms with Crippen molar-refractivity contribution in [2.24, 2.45) is 0 Å². The molecule has 0 aliphatic carbocycles. The van der Waals surface area contributed by atoms with Crippen molar-refractivity contribution in [2.45, 2.75) is 6.92 Å². The van der Waals surface area contributed by atoms with Gasteiger partial charge in [-0.3, -0.25) is 4.79 Å².